The molecule has 9 heteroatoms. The quantitative estimate of drug-likeness (QED) is 0.785. The maximum Gasteiger partial charge on any atom is 0.248 e. The molecule has 1 aliphatic rings. The number of hydrogen-bond donors (Lipinski definition) is 0. The number of hydrogen-bond acceptors (Lipinski definition) is 7. The standard InChI is InChI=1S/C16H22N4O4S/c1-12-16(13(2)24-18-12)25(21,22)20-8-6-19(7-9-20)11-14-4-5-17-15(10-14)23-3/h4-5,10H,6-9,11H2,1-3H3. The number of piperazine rings is 1. The van der Waals surface area contributed by atoms with Gasteiger partial charge in [0.2, 0.25) is 15.9 Å². The monoisotopic (exact) mass is 366 g/mol. The minimum absolute atomic E-state index is 0.194. The molecule has 1 saturated heterocycles. The molecule has 0 unspecified atom stereocenters. The first-order valence-electron chi connectivity index (χ1n) is 8.06. The first-order chi connectivity index (χ1) is 11.9. The molecule has 2 aromatic rings. The van der Waals surface area contributed by atoms with E-state index >= 15 is 0 Å². The Labute approximate surface area is 147 Å². The zero-order valence-electron chi connectivity index (χ0n) is 14.6. The molecule has 0 N–H and O–H groups in total. The molecular weight excluding hydrogens is 344 g/mol. The average molecular weight is 366 g/mol. The lowest BCUT2D eigenvalue weighted by molar-refractivity contribution is 0.181. The molecule has 0 saturated carbocycles. The van der Waals surface area contributed by atoms with Crippen LogP contribution in [0.4, 0.5) is 0 Å². The van der Waals surface area contributed by atoms with Crippen LogP contribution in [-0.2, 0) is 16.6 Å². The van der Waals surface area contributed by atoms with Crippen molar-refractivity contribution in [3.63, 3.8) is 0 Å². The van der Waals surface area contributed by atoms with E-state index in [-0.39, 0.29) is 4.90 Å². The Bertz CT molecular complexity index is 822. The highest BCUT2D eigenvalue weighted by molar-refractivity contribution is 7.89. The summed E-state index contributed by atoms with van der Waals surface area (Å²) in [7, 11) is -1.98. The van der Waals surface area contributed by atoms with Crippen LogP contribution in [0.2, 0.25) is 0 Å². The number of aromatic nitrogens is 2. The van der Waals surface area contributed by atoms with Gasteiger partial charge in [0, 0.05) is 45.0 Å². The summed E-state index contributed by atoms with van der Waals surface area (Å²) < 4.78 is 37.3. The fourth-order valence-corrected chi connectivity index (χ4v) is 4.73. The van der Waals surface area contributed by atoms with E-state index in [1.807, 2.05) is 12.1 Å². The summed E-state index contributed by atoms with van der Waals surface area (Å²) in [6.45, 7) is 6.21. The molecule has 3 heterocycles. The highest BCUT2D eigenvalue weighted by Gasteiger charge is 2.33. The summed E-state index contributed by atoms with van der Waals surface area (Å²) in [5.74, 6) is 0.918. The van der Waals surface area contributed by atoms with Crippen molar-refractivity contribution in [1.82, 2.24) is 19.3 Å². The van der Waals surface area contributed by atoms with E-state index in [1.165, 1.54) is 4.31 Å². The lowest BCUT2D eigenvalue weighted by Gasteiger charge is -2.33. The summed E-state index contributed by atoms with van der Waals surface area (Å²) in [6.07, 6.45) is 1.71. The summed E-state index contributed by atoms with van der Waals surface area (Å²) in [5, 5.41) is 3.76. The molecule has 8 nitrogen and oxygen atoms in total. The lowest BCUT2D eigenvalue weighted by atomic mass is 10.2. The third-order valence-corrected chi connectivity index (χ3v) is 6.46. The first-order valence-corrected chi connectivity index (χ1v) is 9.50. The van der Waals surface area contributed by atoms with Gasteiger partial charge in [-0.3, -0.25) is 4.90 Å². The van der Waals surface area contributed by atoms with Gasteiger partial charge >= 0.3 is 0 Å². The van der Waals surface area contributed by atoms with E-state index < -0.39 is 10.0 Å². The smallest absolute Gasteiger partial charge is 0.248 e. The van der Waals surface area contributed by atoms with Gasteiger partial charge in [-0.25, -0.2) is 13.4 Å². The molecule has 0 radical (unpaired) electrons. The van der Waals surface area contributed by atoms with Crippen LogP contribution in [0.5, 0.6) is 5.88 Å². The van der Waals surface area contributed by atoms with Crippen molar-refractivity contribution in [3.8, 4) is 5.88 Å². The minimum Gasteiger partial charge on any atom is -0.481 e. The third-order valence-electron chi connectivity index (χ3n) is 4.31. The Kier molecular flexibility index (Phi) is 5.07. The highest BCUT2D eigenvalue weighted by atomic mass is 32.2. The van der Waals surface area contributed by atoms with Crippen molar-refractivity contribution in [1.29, 1.82) is 0 Å². The van der Waals surface area contributed by atoms with Crippen molar-refractivity contribution < 1.29 is 17.7 Å². The molecule has 136 valence electrons. The predicted octanol–water partition coefficient (Wildman–Crippen LogP) is 1.20. The Balaban J connectivity index is 1.65. The van der Waals surface area contributed by atoms with Crippen molar-refractivity contribution >= 4 is 10.0 Å². The molecular formula is C16H22N4O4S. The van der Waals surface area contributed by atoms with Crippen molar-refractivity contribution in [2.24, 2.45) is 0 Å². The molecule has 0 bridgehead atoms. The number of rotatable bonds is 5. The number of ether oxygens (including phenoxy) is 1. The van der Waals surface area contributed by atoms with Crippen LogP contribution in [0.3, 0.4) is 0 Å². The topological polar surface area (TPSA) is 88.8 Å². The number of methoxy groups -OCH3 is 1. The van der Waals surface area contributed by atoms with Gasteiger partial charge in [-0.2, -0.15) is 4.31 Å². The van der Waals surface area contributed by atoms with Crippen LogP contribution in [0.1, 0.15) is 17.0 Å². The van der Waals surface area contributed by atoms with E-state index in [2.05, 4.69) is 15.0 Å². The van der Waals surface area contributed by atoms with Crippen LogP contribution < -0.4 is 4.74 Å². The third kappa shape index (κ3) is 3.68. The maximum absolute atomic E-state index is 12.8. The van der Waals surface area contributed by atoms with E-state index in [1.54, 1.807) is 27.2 Å². The molecule has 1 fully saturated rings. The van der Waals surface area contributed by atoms with Gasteiger partial charge < -0.3 is 9.26 Å². The number of sulfonamides is 1. The van der Waals surface area contributed by atoms with E-state index in [9.17, 15) is 8.42 Å². The predicted molar refractivity (Wildman–Crippen MR) is 90.8 cm³/mol. The molecule has 3 rings (SSSR count). The number of aryl methyl sites for hydroxylation is 2. The summed E-state index contributed by atoms with van der Waals surface area (Å²) >= 11 is 0. The summed E-state index contributed by atoms with van der Waals surface area (Å²) in [4.78, 5) is 6.51. The van der Waals surface area contributed by atoms with Crippen LogP contribution in [0, 0.1) is 13.8 Å². The first kappa shape index (κ1) is 17.8. The maximum atomic E-state index is 12.8. The summed E-state index contributed by atoms with van der Waals surface area (Å²) in [6, 6.07) is 3.84. The Morgan fingerprint density at radius 3 is 2.56 bits per heavy atom. The normalized spacial score (nSPS) is 16.9. The number of pyridine rings is 1. The lowest BCUT2D eigenvalue weighted by Crippen LogP contribution is -2.48. The average Bonchev–Trinajstić information content (AvgIpc) is 2.95. The SMILES string of the molecule is COc1cc(CN2CCN(S(=O)(=O)c3c(C)noc3C)CC2)ccn1. The largest absolute Gasteiger partial charge is 0.481 e. The van der Waals surface area contributed by atoms with Gasteiger partial charge in [0.25, 0.3) is 0 Å². The molecule has 25 heavy (non-hydrogen) atoms. The zero-order chi connectivity index (χ0) is 18.0. The van der Waals surface area contributed by atoms with Crippen molar-refractivity contribution in [3.05, 3.63) is 35.3 Å². The van der Waals surface area contributed by atoms with Crippen LogP contribution in [0.15, 0.2) is 27.7 Å². The van der Waals surface area contributed by atoms with Gasteiger partial charge in [0.1, 0.15) is 10.6 Å². The van der Waals surface area contributed by atoms with Crippen molar-refractivity contribution in [2.75, 3.05) is 33.3 Å². The molecule has 0 aromatic carbocycles. The molecule has 0 aliphatic carbocycles. The molecule has 1 aliphatic heterocycles. The van der Waals surface area contributed by atoms with E-state index in [0.29, 0.717) is 43.5 Å². The van der Waals surface area contributed by atoms with Crippen LogP contribution in [0.25, 0.3) is 0 Å². The van der Waals surface area contributed by atoms with Gasteiger partial charge in [-0.1, -0.05) is 5.16 Å². The highest BCUT2D eigenvalue weighted by Crippen LogP contribution is 2.24. The molecule has 2 aromatic heterocycles. The fraction of sp³-hybridized carbons (Fsp3) is 0.500. The second-order valence-corrected chi connectivity index (χ2v) is 7.91. The van der Waals surface area contributed by atoms with E-state index in [4.69, 9.17) is 9.26 Å². The number of nitrogens with zero attached hydrogens (tertiary/aromatic N) is 4. The molecule has 0 atom stereocenters. The van der Waals surface area contributed by atoms with Crippen LogP contribution in [-0.4, -0.2) is 61.1 Å². The van der Waals surface area contributed by atoms with Crippen LogP contribution >= 0.6 is 0 Å². The summed E-state index contributed by atoms with van der Waals surface area (Å²) in [5.41, 5.74) is 1.50. The fourth-order valence-electron chi connectivity index (χ4n) is 3.02. The van der Waals surface area contributed by atoms with E-state index in [0.717, 1.165) is 12.1 Å². The van der Waals surface area contributed by atoms with Gasteiger partial charge in [-0.05, 0) is 25.5 Å². The Morgan fingerprint density at radius 1 is 1.24 bits per heavy atom. The van der Waals surface area contributed by atoms with Crippen molar-refractivity contribution in [2.45, 2.75) is 25.3 Å². The van der Waals surface area contributed by atoms with Gasteiger partial charge in [0.05, 0.1) is 7.11 Å². The van der Waals surface area contributed by atoms with Gasteiger partial charge in [0.15, 0.2) is 5.76 Å². The Hall–Kier alpha value is -1.97. The second-order valence-electron chi connectivity index (χ2n) is 6.04. The Morgan fingerprint density at radius 2 is 1.96 bits per heavy atom. The molecule has 0 amide bonds. The minimum atomic E-state index is -3.57. The molecule has 0 spiro atoms. The zero-order valence-corrected chi connectivity index (χ0v) is 15.4. The van der Waals surface area contributed by atoms with Gasteiger partial charge in [-0.15, -0.1) is 0 Å². The second kappa shape index (κ2) is 7.11.